The molecular formula is C10H18FN2O15P3. The monoisotopic (exact) mass is 518 g/mol. The van der Waals surface area contributed by atoms with Gasteiger partial charge >= 0.3 is 29.5 Å². The Labute approximate surface area is 172 Å². The van der Waals surface area contributed by atoms with Crippen molar-refractivity contribution in [2.24, 2.45) is 0 Å². The van der Waals surface area contributed by atoms with Gasteiger partial charge in [0.1, 0.15) is 24.5 Å². The number of carbonyl (C=O) groups is 1. The van der Waals surface area contributed by atoms with Gasteiger partial charge in [-0.2, -0.15) is 8.62 Å². The van der Waals surface area contributed by atoms with Gasteiger partial charge in [-0.1, -0.05) is 0 Å². The highest BCUT2D eigenvalue weighted by Gasteiger charge is 2.65. The van der Waals surface area contributed by atoms with Crippen LogP contribution in [-0.2, 0) is 31.6 Å². The minimum absolute atomic E-state index is 0.544. The van der Waals surface area contributed by atoms with Crippen LogP contribution in [-0.4, -0.2) is 82.4 Å². The third-order valence-electron chi connectivity index (χ3n) is 3.80. The summed E-state index contributed by atoms with van der Waals surface area (Å²) in [6.45, 7) is -0.910. The van der Waals surface area contributed by atoms with E-state index in [0.717, 1.165) is 19.2 Å². The first-order valence-corrected chi connectivity index (χ1v) is 12.3. The van der Waals surface area contributed by atoms with E-state index in [1.807, 2.05) is 5.32 Å². The molecule has 21 heteroatoms. The van der Waals surface area contributed by atoms with Gasteiger partial charge in [-0.05, 0) is 13.0 Å². The van der Waals surface area contributed by atoms with Crippen LogP contribution in [0.3, 0.4) is 0 Å². The number of nitrogens with one attached hydrogen (secondary N) is 1. The quantitative estimate of drug-likeness (QED) is 0.167. The van der Waals surface area contributed by atoms with Crippen LogP contribution in [0, 0.1) is 0 Å². The largest absolute Gasteiger partial charge is 0.490 e. The number of amides is 2. The predicted molar refractivity (Wildman–Crippen MR) is 90.7 cm³/mol. The van der Waals surface area contributed by atoms with Gasteiger partial charge < -0.3 is 44.9 Å². The van der Waals surface area contributed by atoms with Crippen molar-refractivity contribution >= 4 is 29.5 Å². The van der Waals surface area contributed by atoms with Gasteiger partial charge in [0.05, 0.1) is 0 Å². The number of urea groups is 1. The van der Waals surface area contributed by atoms with Crippen LogP contribution in [0.2, 0.25) is 0 Å². The summed E-state index contributed by atoms with van der Waals surface area (Å²) in [7, 11) is -17.3. The smallest absolute Gasteiger partial charge is 0.384 e. The molecule has 0 spiro atoms. The van der Waals surface area contributed by atoms with Gasteiger partial charge in [-0.15, -0.1) is 0 Å². The van der Waals surface area contributed by atoms with Crippen LogP contribution in [0.1, 0.15) is 6.92 Å². The molecule has 1 fully saturated rings. The lowest BCUT2D eigenvalue weighted by atomic mass is 9.95. The normalized spacial score (nSPS) is 37.9. The van der Waals surface area contributed by atoms with Gasteiger partial charge in [0.25, 0.3) is 5.85 Å². The Balaban J connectivity index is 2.15. The van der Waals surface area contributed by atoms with Gasteiger partial charge in [-0.25, -0.2) is 22.9 Å². The van der Waals surface area contributed by atoms with Crippen LogP contribution in [0.25, 0.3) is 0 Å². The molecule has 0 saturated carbocycles. The second kappa shape index (κ2) is 8.52. The zero-order valence-electron chi connectivity index (χ0n) is 15.2. The van der Waals surface area contributed by atoms with E-state index < -0.39 is 66.1 Å². The number of alkyl halides is 1. The Kier molecular flexibility index (Phi) is 7.26. The van der Waals surface area contributed by atoms with E-state index in [0.29, 0.717) is 4.90 Å². The van der Waals surface area contributed by atoms with Crippen molar-refractivity contribution < 1.29 is 75.7 Å². The molecule has 3 unspecified atom stereocenters. The van der Waals surface area contributed by atoms with Gasteiger partial charge in [0.15, 0.2) is 6.23 Å². The van der Waals surface area contributed by atoms with E-state index in [4.69, 9.17) is 19.4 Å². The van der Waals surface area contributed by atoms with E-state index in [1.165, 1.54) is 0 Å². The van der Waals surface area contributed by atoms with Crippen molar-refractivity contribution in [1.82, 2.24) is 10.2 Å². The Morgan fingerprint density at radius 3 is 2.29 bits per heavy atom. The Bertz CT molecular complexity index is 892. The molecule has 2 aliphatic heterocycles. The Morgan fingerprint density at radius 1 is 1.19 bits per heavy atom. The molecule has 7 atom stereocenters. The average Bonchev–Trinajstić information content (AvgIpc) is 2.71. The lowest BCUT2D eigenvalue weighted by Gasteiger charge is -2.35. The molecule has 2 rings (SSSR count). The number of hydrogen-bond acceptors (Lipinski definition) is 11. The highest BCUT2D eigenvalue weighted by atomic mass is 31.3. The predicted octanol–water partition coefficient (Wildman–Crippen LogP) is -1.68. The summed E-state index contributed by atoms with van der Waals surface area (Å²) in [6, 6.07) is -1.08. The van der Waals surface area contributed by atoms with Crippen LogP contribution in [0.15, 0.2) is 12.3 Å². The molecule has 2 heterocycles. The van der Waals surface area contributed by atoms with Gasteiger partial charge in [0, 0.05) is 6.20 Å². The molecule has 2 amide bonds. The maximum absolute atomic E-state index is 15.1. The number of aliphatic hydroxyl groups excluding tert-OH is 2. The first-order chi connectivity index (χ1) is 13.8. The summed E-state index contributed by atoms with van der Waals surface area (Å²) in [5.74, 6) is -3.51. The number of aliphatic hydroxyl groups is 3. The fourth-order valence-corrected chi connectivity index (χ4v) is 5.57. The molecule has 180 valence electrons. The third-order valence-corrected chi connectivity index (χ3v) is 7.58. The molecular weight excluding hydrogens is 500 g/mol. The molecule has 0 aliphatic carbocycles. The third kappa shape index (κ3) is 6.37. The molecule has 2 aliphatic rings. The van der Waals surface area contributed by atoms with E-state index in [9.17, 15) is 38.7 Å². The van der Waals surface area contributed by atoms with Crippen molar-refractivity contribution in [3.63, 3.8) is 0 Å². The zero-order valence-corrected chi connectivity index (χ0v) is 17.8. The molecule has 0 aromatic carbocycles. The number of rotatable bonds is 8. The van der Waals surface area contributed by atoms with Gasteiger partial charge in [-0.3, -0.25) is 9.42 Å². The van der Waals surface area contributed by atoms with Crippen LogP contribution >= 0.6 is 23.5 Å². The lowest BCUT2D eigenvalue weighted by Crippen LogP contribution is -2.57. The van der Waals surface area contributed by atoms with E-state index in [1.54, 1.807) is 0 Å². The molecule has 1 saturated heterocycles. The summed E-state index contributed by atoms with van der Waals surface area (Å²) in [5, 5.41) is 31.8. The minimum Gasteiger partial charge on any atom is -0.384 e. The Morgan fingerprint density at radius 2 is 1.77 bits per heavy atom. The van der Waals surface area contributed by atoms with Crippen molar-refractivity contribution in [3.05, 3.63) is 12.3 Å². The van der Waals surface area contributed by atoms with Crippen molar-refractivity contribution in [1.29, 1.82) is 0 Å². The Hall–Kier alpha value is -0.810. The summed E-state index contributed by atoms with van der Waals surface area (Å²) < 4.78 is 64.4. The zero-order chi connectivity index (χ0) is 24.0. The average molecular weight is 518 g/mol. The number of halogens is 1. The maximum atomic E-state index is 15.1. The molecule has 0 bridgehead atoms. The fraction of sp³-hybridized carbons (Fsp3) is 0.700. The number of carbonyl (C=O) groups excluding carboxylic acids is 1. The first kappa shape index (κ1) is 26.4. The van der Waals surface area contributed by atoms with Crippen LogP contribution < -0.4 is 5.32 Å². The highest BCUT2D eigenvalue weighted by Crippen LogP contribution is 2.66. The SMILES string of the molecule is C[C@]1(O)[C@H](N2C=CC(O)NC2=O)O[C@](F)(COP(=O)(O)OP(=O)(O)OP(=O)(O)O)[C@H]1O. The van der Waals surface area contributed by atoms with Crippen molar-refractivity contribution in [2.45, 2.75) is 36.9 Å². The lowest BCUT2D eigenvalue weighted by molar-refractivity contribution is -0.205. The van der Waals surface area contributed by atoms with Gasteiger partial charge in [0.2, 0.25) is 0 Å². The van der Waals surface area contributed by atoms with Crippen molar-refractivity contribution in [2.75, 3.05) is 6.61 Å². The number of phosphoric acid groups is 3. The summed E-state index contributed by atoms with van der Waals surface area (Å²) in [5.41, 5.74) is -2.56. The number of nitrogens with zero attached hydrogens (tertiary/aromatic N) is 1. The maximum Gasteiger partial charge on any atom is 0.490 e. The van der Waals surface area contributed by atoms with Crippen LogP contribution in [0.5, 0.6) is 0 Å². The highest BCUT2D eigenvalue weighted by molar-refractivity contribution is 7.66. The second-order valence-corrected chi connectivity index (χ2v) is 10.8. The molecule has 0 aromatic rings. The standard InChI is InChI=1S/C10H18FN2O15P3/c1-9(17)6(15)10(11,26-7(9)13-3-2-5(14)12-8(13)16)4-25-30(21,22)28-31(23,24)27-29(18,19)20/h2-3,5-7,14-15,17H,4H2,1H3,(H,12,16)(H,21,22)(H,23,24)(H2,18,19,20)/t5?,6-,7+,9+,10+/m0/s1. The molecule has 0 aromatic heterocycles. The minimum atomic E-state index is -5.88. The van der Waals surface area contributed by atoms with E-state index in [-0.39, 0.29) is 0 Å². The second-order valence-electron chi connectivity index (χ2n) is 6.39. The molecule has 31 heavy (non-hydrogen) atoms. The molecule has 0 radical (unpaired) electrons. The number of hydrogen-bond donors (Lipinski definition) is 8. The summed E-state index contributed by atoms with van der Waals surface area (Å²) in [4.78, 5) is 47.8. The molecule has 8 N–H and O–H groups in total. The number of phosphoric ester groups is 1. The van der Waals surface area contributed by atoms with Crippen LogP contribution in [0.4, 0.5) is 9.18 Å². The fourth-order valence-electron chi connectivity index (χ4n) is 2.54. The number of ether oxygens (including phenoxy) is 1. The molecule has 17 nitrogen and oxygen atoms in total. The summed E-state index contributed by atoms with van der Waals surface area (Å²) >= 11 is 0. The topological polar surface area (TPSA) is 262 Å². The first-order valence-electron chi connectivity index (χ1n) is 7.79. The van der Waals surface area contributed by atoms with E-state index >= 15 is 4.39 Å². The van der Waals surface area contributed by atoms with Crippen molar-refractivity contribution in [3.8, 4) is 0 Å². The summed E-state index contributed by atoms with van der Waals surface area (Å²) in [6.07, 6.45) is -4.01. The van der Waals surface area contributed by atoms with E-state index in [2.05, 4.69) is 13.1 Å².